The van der Waals surface area contributed by atoms with E-state index in [1.54, 1.807) is 0 Å². The fraction of sp³-hybridized carbons (Fsp3) is 0.762. The maximum Gasteiger partial charge on any atom is 0.191 e. The SMILES string of the molecule is C=CCN(CC=C)C(CNC(=NC)NC1CCCC(S(=O)CC)C1)C(C)C.I. The summed E-state index contributed by atoms with van der Waals surface area (Å²) in [7, 11) is 1.11. The molecule has 1 rings (SSSR count). The van der Waals surface area contributed by atoms with E-state index < -0.39 is 10.8 Å². The van der Waals surface area contributed by atoms with E-state index >= 15 is 0 Å². The van der Waals surface area contributed by atoms with Crippen molar-refractivity contribution in [1.29, 1.82) is 0 Å². The van der Waals surface area contributed by atoms with Gasteiger partial charge in [0.25, 0.3) is 0 Å². The molecule has 0 bridgehead atoms. The van der Waals surface area contributed by atoms with Crippen molar-refractivity contribution >= 4 is 40.7 Å². The fourth-order valence-electron chi connectivity index (χ4n) is 3.80. The molecule has 0 aromatic rings. The Morgan fingerprint density at radius 2 is 1.93 bits per heavy atom. The Morgan fingerprint density at radius 1 is 1.29 bits per heavy atom. The molecule has 7 heteroatoms. The minimum atomic E-state index is -0.705. The molecular formula is C21H41IN4OS. The largest absolute Gasteiger partial charge is 0.355 e. The molecule has 0 radical (unpaired) electrons. The van der Waals surface area contributed by atoms with E-state index in [1.165, 1.54) is 0 Å². The number of nitrogens with zero attached hydrogens (tertiary/aromatic N) is 2. The first-order valence-corrected chi connectivity index (χ1v) is 11.6. The third-order valence-corrected chi connectivity index (χ3v) is 7.03. The van der Waals surface area contributed by atoms with Gasteiger partial charge >= 0.3 is 0 Å². The quantitative estimate of drug-likeness (QED) is 0.188. The monoisotopic (exact) mass is 524 g/mol. The molecular weight excluding hydrogens is 483 g/mol. The van der Waals surface area contributed by atoms with Crippen molar-refractivity contribution in [1.82, 2.24) is 15.5 Å². The summed E-state index contributed by atoms with van der Waals surface area (Å²) in [6.07, 6.45) is 8.19. The second kappa shape index (κ2) is 15.4. The van der Waals surface area contributed by atoms with Crippen molar-refractivity contribution in [3.05, 3.63) is 25.3 Å². The number of nitrogens with one attached hydrogen (secondary N) is 2. The Morgan fingerprint density at radius 3 is 2.43 bits per heavy atom. The molecule has 0 saturated heterocycles. The molecule has 5 nitrogen and oxygen atoms in total. The molecule has 164 valence electrons. The van der Waals surface area contributed by atoms with E-state index in [1.807, 2.05) is 26.1 Å². The van der Waals surface area contributed by atoms with Gasteiger partial charge in [0, 0.05) is 60.6 Å². The van der Waals surface area contributed by atoms with Crippen molar-refractivity contribution in [2.45, 2.75) is 63.8 Å². The van der Waals surface area contributed by atoms with Gasteiger partial charge in [0.1, 0.15) is 0 Å². The zero-order valence-corrected chi connectivity index (χ0v) is 21.3. The van der Waals surface area contributed by atoms with Crippen LogP contribution in [0.3, 0.4) is 0 Å². The molecule has 0 aromatic heterocycles. The summed E-state index contributed by atoms with van der Waals surface area (Å²) in [5.74, 6) is 2.09. The Kier molecular flexibility index (Phi) is 15.2. The van der Waals surface area contributed by atoms with Gasteiger partial charge in [0.2, 0.25) is 0 Å². The lowest BCUT2D eigenvalue weighted by molar-refractivity contribution is 0.190. The van der Waals surface area contributed by atoms with Crippen LogP contribution in [0.4, 0.5) is 0 Å². The van der Waals surface area contributed by atoms with Gasteiger partial charge in [0.05, 0.1) is 0 Å². The maximum absolute atomic E-state index is 12.2. The Bertz CT molecular complexity index is 503. The maximum atomic E-state index is 12.2. The molecule has 0 amide bonds. The number of halogens is 1. The van der Waals surface area contributed by atoms with Crippen LogP contribution in [0.15, 0.2) is 30.3 Å². The number of hydrogen-bond acceptors (Lipinski definition) is 3. The van der Waals surface area contributed by atoms with Gasteiger partial charge in [0.15, 0.2) is 5.96 Å². The zero-order valence-electron chi connectivity index (χ0n) is 18.2. The van der Waals surface area contributed by atoms with Crippen LogP contribution in [-0.4, -0.2) is 64.8 Å². The van der Waals surface area contributed by atoms with Crippen LogP contribution in [-0.2, 0) is 10.8 Å². The standard InChI is InChI=1S/C21H40N4OS.HI/c1-7-13-25(14-8-2)20(17(4)5)16-23-21(22-6)24-18-11-10-12-19(15-18)27(26)9-3;/h7-8,17-20H,1-2,9-16H2,3-6H3,(H2,22,23,24);1H. The third kappa shape index (κ3) is 9.39. The predicted molar refractivity (Wildman–Crippen MR) is 135 cm³/mol. The van der Waals surface area contributed by atoms with Crippen molar-refractivity contribution in [2.24, 2.45) is 10.9 Å². The lowest BCUT2D eigenvalue weighted by Crippen LogP contribution is -2.52. The Labute approximate surface area is 192 Å². The first kappa shape index (κ1) is 27.6. The summed E-state index contributed by atoms with van der Waals surface area (Å²) >= 11 is 0. The third-order valence-electron chi connectivity index (χ3n) is 5.29. The average Bonchev–Trinajstić information content (AvgIpc) is 2.66. The van der Waals surface area contributed by atoms with E-state index in [4.69, 9.17) is 0 Å². The van der Waals surface area contributed by atoms with E-state index in [0.717, 1.165) is 57.0 Å². The van der Waals surface area contributed by atoms with Crippen molar-refractivity contribution in [2.75, 3.05) is 32.4 Å². The van der Waals surface area contributed by atoms with Gasteiger partial charge in [-0.25, -0.2) is 0 Å². The van der Waals surface area contributed by atoms with Gasteiger partial charge in [-0.3, -0.25) is 14.1 Å². The van der Waals surface area contributed by atoms with Crippen molar-refractivity contribution in [3.63, 3.8) is 0 Å². The van der Waals surface area contributed by atoms with E-state index in [9.17, 15) is 4.21 Å². The topological polar surface area (TPSA) is 56.7 Å². The Balaban J connectivity index is 0.00000729. The van der Waals surface area contributed by atoms with E-state index in [-0.39, 0.29) is 24.0 Å². The van der Waals surface area contributed by atoms with Crippen LogP contribution in [0.5, 0.6) is 0 Å². The molecule has 1 aliphatic carbocycles. The zero-order chi connectivity index (χ0) is 20.2. The van der Waals surface area contributed by atoms with Gasteiger partial charge in [-0.2, -0.15) is 0 Å². The molecule has 1 fully saturated rings. The number of hydrogen-bond donors (Lipinski definition) is 2. The summed E-state index contributed by atoms with van der Waals surface area (Å²) in [4.78, 5) is 6.80. The van der Waals surface area contributed by atoms with Gasteiger partial charge in [-0.15, -0.1) is 37.1 Å². The van der Waals surface area contributed by atoms with Crippen LogP contribution in [0.1, 0.15) is 46.5 Å². The molecule has 1 aliphatic rings. The fourth-order valence-corrected chi connectivity index (χ4v) is 5.15. The highest BCUT2D eigenvalue weighted by molar-refractivity contribution is 14.0. The Hall–Kier alpha value is -0.410. The summed E-state index contributed by atoms with van der Waals surface area (Å²) in [6.45, 7) is 16.8. The van der Waals surface area contributed by atoms with E-state index in [2.05, 4.69) is 47.5 Å². The molecule has 0 spiro atoms. The van der Waals surface area contributed by atoms with Crippen LogP contribution in [0.2, 0.25) is 0 Å². The molecule has 4 unspecified atom stereocenters. The van der Waals surface area contributed by atoms with E-state index in [0.29, 0.717) is 23.3 Å². The molecule has 0 aromatic carbocycles. The highest BCUT2D eigenvalue weighted by Gasteiger charge is 2.26. The summed E-state index contributed by atoms with van der Waals surface area (Å²) in [6, 6.07) is 0.714. The lowest BCUT2D eigenvalue weighted by atomic mass is 9.95. The second-order valence-electron chi connectivity index (χ2n) is 7.60. The number of rotatable bonds is 11. The second-order valence-corrected chi connectivity index (χ2v) is 9.60. The normalized spacial score (nSPS) is 22.3. The van der Waals surface area contributed by atoms with Crippen LogP contribution < -0.4 is 10.6 Å². The molecule has 28 heavy (non-hydrogen) atoms. The molecule has 1 saturated carbocycles. The van der Waals surface area contributed by atoms with Gasteiger partial charge < -0.3 is 10.6 Å². The average molecular weight is 525 g/mol. The minimum absolute atomic E-state index is 0. The van der Waals surface area contributed by atoms with Crippen molar-refractivity contribution in [3.8, 4) is 0 Å². The van der Waals surface area contributed by atoms with Gasteiger partial charge in [-0.1, -0.05) is 39.3 Å². The first-order valence-electron chi connectivity index (χ1n) is 10.3. The lowest BCUT2D eigenvalue weighted by Gasteiger charge is -2.34. The van der Waals surface area contributed by atoms with Gasteiger partial charge in [-0.05, 0) is 25.2 Å². The first-order chi connectivity index (χ1) is 13.0. The summed E-state index contributed by atoms with van der Waals surface area (Å²) in [5.41, 5.74) is 0. The summed E-state index contributed by atoms with van der Waals surface area (Å²) in [5, 5.41) is 7.38. The minimum Gasteiger partial charge on any atom is -0.355 e. The predicted octanol–water partition coefficient (Wildman–Crippen LogP) is 3.55. The molecule has 0 heterocycles. The van der Waals surface area contributed by atoms with Crippen LogP contribution >= 0.6 is 24.0 Å². The number of guanidine groups is 1. The highest BCUT2D eigenvalue weighted by Crippen LogP contribution is 2.23. The molecule has 4 atom stereocenters. The molecule has 0 aliphatic heterocycles. The number of aliphatic imine (C=N–C) groups is 1. The van der Waals surface area contributed by atoms with Crippen LogP contribution in [0, 0.1) is 5.92 Å². The highest BCUT2D eigenvalue weighted by atomic mass is 127. The van der Waals surface area contributed by atoms with Crippen molar-refractivity contribution < 1.29 is 4.21 Å². The van der Waals surface area contributed by atoms with Crippen LogP contribution in [0.25, 0.3) is 0 Å². The summed E-state index contributed by atoms with van der Waals surface area (Å²) < 4.78 is 12.2. The molecule has 2 N–H and O–H groups in total. The smallest absolute Gasteiger partial charge is 0.191 e.